The van der Waals surface area contributed by atoms with Crippen LogP contribution in [0.4, 0.5) is 0 Å². The number of aryl methyl sites for hydroxylation is 1. The van der Waals surface area contributed by atoms with Crippen LogP contribution in [0.2, 0.25) is 0 Å². The van der Waals surface area contributed by atoms with Gasteiger partial charge in [-0.3, -0.25) is 9.59 Å². The zero-order chi connectivity index (χ0) is 17.3. The lowest BCUT2D eigenvalue weighted by atomic mass is 10.0. The van der Waals surface area contributed by atoms with Gasteiger partial charge in [-0.05, 0) is 20.3 Å². The molecule has 2 unspecified atom stereocenters. The molecular weight excluding hydrogens is 324 g/mol. The Morgan fingerprint density at radius 3 is 2.67 bits per heavy atom. The third-order valence-electron chi connectivity index (χ3n) is 4.58. The fraction of sp³-hybridized carbons (Fsp3) is 0.389. The molecule has 1 saturated heterocycles. The molecule has 5 nitrogen and oxygen atoms in total. The molecule has 1 aromatic carbocycles. The number of carboxylic acids is 1. The van der Waals surface area contributed by atoms with Gasteiger partial charge in [0.2, 0.25) is 5.91 Å². The van der Waals surface area contributed by atoms with E-state index >= 15 is 0 Å². The Hall–Kier alpha value is -2.21. The predicted molar refractivity (Wildman–Crippen MR) is 92.9 cm³/mol. The van der Waals surface area contributed by atoms with Crippen molar-refractivity contribution in [3.05, 3.63) is 40.9 Å². The lowest BCUT2D eigenvalue weighted by molar-refractivity contribution is -0.143. The molecule has 1 aliphatic heterocycles. The van der Waals surface area contributed by atoms with E-state index in [0.717, 1.165) is 16.3 Å². The average Bonchev–Trinajstić information content (AvgIpc) is 3.14. The standard InChI is InChI=1S/C18H20N2O3S/c1-11-3-5-13(6-4-11)17-19-14(10-24-17)9-16(21)20-8-7-15(12(20)2)18(22)23/h3-6,10,12,15H,7-9H2,1-2H3,(H,22,23). The second kappa shape index (κ2) is 6.73. The highest BCUT2D eigenvalue weighted by Gasteiger charge is 2.37. The summed E-state index contributed by atoms with van der Waals surface area (Å²) >= 11 is 1.52. The van der Waals surface area contributed by atoms with E-state index in [0.29, 0.717) is 13.0 Å². The highest BCUT2D eigenvalue weighted by atomic mass is 32.1. The molecule has 1 aliphatic rings. The number of thiazole rings is 1. The first kappa shape index (κ1) is 16.6. The van der Waals surface area contributed by atoms with Gasteiger partial charge in [-0.25, -0.2) is 4.98 Å². The Labute approximate surface area is 145 Å². The summed E-state index contributed by atoms with van der Waals surface area (Å²) in [7, 11) is 0. The van der Waals surface area contributed by atoms with Crippen molar-refractivity contribution in [1.82, 2.24) is 9.88 Å². The van der Waals surface area contributed by atoms with Crippen LogP contribution in [-0.4, -0.2) is 39.5 Å². The Bertz CT molecular complexity index is 754. The lowest BCUT2D eigenvalue weighted by Gasteiger charge is -2.22. The van der Waals surface area contributed by atoms with Crippen LogP contribution in [0.25, 0.3) is 10.6 Å². The fourth-order valence-electron chi connectivity index (χ4n) is 3.10. The van der Waals surface area contributed by atoms with Gasteiger partial charge in [0.15, 0.2) is 0 Å². The first-order valence-electron chi connectivity index (χ1n) is 7.99. The van der Waals surface area contributed by atoms with Crippen molar-refractivity contribution in [1.29, 1.82) is 0 Å². The van der Waals surface area contributed by atoms with E-state index in [4.69, 9.17) is 0 Å². The number of likely N-dealkylation sites (tertiary alicyclic amines) is 1. The van der Waals surface area contributed by atoms with Crippen LogP contribution in [-0.2, 0) is 16.0 Å². The number of rotatable bonds is 4. The molecule has 1 aromatic heterocycles. The van der Waals surface area contributed by atoms with Gasteiger partial charge in [0.05, 0.1) is 18.0 Å². The number of amides is 1. The smallest absolute Gasteiger partial charge is 0.308 e. The molecular formula is C18H20N2O3S. The molecule has 24 heavy (non-hydrogen) atoms. The molecule has 2 aromatic rings. The summed E-state index contributed by atoms with van der Waals surface area (Å²) in [4.78, 5) is 29.9. The molecule has 1 amide bonds. The summed E-state index contributed by atoms with van der Waals surface area (Å²) in [6.45, 7) is 4.35. The molecule has 1 N–H and O–H groups in total. The van der Waals surface area contributed by atoms with Gasteiger partial charge < -0.3 is 10.0 Å². The molecule has 1 fully saturated rings. The van der Waals surface area contributed by atoms with E-state index in [1.807, 2.05) is 43.5 Å². The quantitative estimate of drug-likeness (QED) is 0.926. The fourth-order valence-corrected chi connectivity index (χ4v) is 3.92. The van der Waals surface area contributed by atoms with Crippen molar-refractivity contribution in [3.8, 4) is 10.6 Å². The van der Waals surface area contributed by atoms with Crippen LogP contribution in [0.5, 0.6) is 0 Å². The van der Waals surface area contributed by atoms with Gasteiger partial charge in [-0.1, -0.05) is 29.8 Å². The SMILES string of the molecule is Cc1ccc(-c2nc(CC(=O)N3CCC(C(=O)O)C3C)cs2)cc1. The van der Waals surface area contributed by atoms with Crippen molar-refractivity contribution < 1.29 is 14.7 Å². The Morgan fingerprint density at radius 2 is 2.04 bits per heavy atom. The van der Waals surface area contributed by atoms with Crippen LogP contribution in [0.3, 0.4) is 0 Å². The van der Waals surface area contributed by atoms with Crippen LogP contribution >= 0.6 is 11.3 Å². The largest absolute Gasteiger partial charge is 0.481 e. The van der Waals surface area contributed by atoms with E-state index in [-0.39, 0.29) is 18.4 Å². The molecule has 6 heteroatoms. The van der Waals surface area contributed by atoms with E-state index in [1.54, 1.807) is 4.90 Å². The first-order chi connectivity index (χ1) is 11.5. The maximum absolute atomic E-state index is 12.5. The van der Waals surface area contributed by atoms with E-state index in [9.17, 15) is 14.7 Å². The summed E-state index contributed by atoms with van der Waals surface area (Å²) in [6, 6.07) is 7.88. The number of hydrogen-bond donors (Lipinski definition) is 1. The monoisotopic (exact) mass is 344 g/mol. The third-order valence-corrected chi connectivity index (χ3v) is 5.52. The zero-order valence-corrected chi connectivity index (χ0v) is 14.5. The molecule has 0 spiro atoms. The molecule has 0 saturated carbocycles. The Kier molecular flexibility index (Phi) is 4.66. The second-order valence-corrected chi connectivity index (χ2v) is 7.11. The van der Waals surface area contributed by atoms with Crippen molar-refractivity contribution in [2.45, 2.75) is 32.7 Å². The number of benzene rings is 1. The average molecular weight is 344 g/mol. The number of hydrogen-bond acceptors (Lipinski definition) is 4. The molecule has 3 rings (SSSR count). The third kappa shape index (κ3) is 3.33. The van der Waals surface area contributed by atoms with Crippen molar-refractivity contribution in [2.24, 2.45) is 5.92 Å². The molecule has 126 valence electrons. The number of aromatic nitrogens is 1. The number of nitrogens with zero attached hydrogens (tertiary/aromatic N) is 2. The predicted octanol–water partition coefficient (Wildman–Crippen LogP) is 2.98. The van der Waals surface area contributed by atoms with E-state index < -0.39 is 11.9 Å². The summed E-state index contributed by atoms with van der Waals surface area (Å²) in [5.74, 6) is -1.34. The minimum absolute atomic E-state index is 0.0491. The number of aliphatic carboxylic acids is 1. The second-order valence-electron chi connectivity index (χ2n) is 6.25. The highest BCUT2D eigenvalue weighted by molar-refractivity contribution is 7.13. The number of carbonyl (C=O) groups excluding carboxylic acids is 1. The lowest BCUT2D eigenvalue weighted by Crippen LogP contribution is -2.38. The van der Waals surface area contributed by atoms with Crippen LogP contribution < -0.4 is 0 Å². The molecule has 0 aliphatic carbocycles. The van der Waals surface area contributed by atoms with Gasteiger partial charge in [-0.2, -0.15) is 0 Å². The molecule has 0 radical (unpaired) electrons. The minimum Gasteiger partial charge on any atom is -0.481 e. The number of carbonyl (C=O) groups is 2. The van der Waals surface area contributed by atoms with Crippen molar-refractivity contribution in [3.63, 3.8) is 0 Å². The number of carboxylic acid groups (broad SMARTS) is 1. The Balaban J connectivity index is 1.68. The van der Waals surface area contributed by atoms with Crippen molar-refractivity contribution in [2.75, 3.05) is 6.54 Å². The van der Waals surface area contributed by atoms with Crippen molar-refractivity contribution >= 4 is 23.2 Å². The minimum atomic E-state index is -0.826. The Morgan fingerprint density at radius 1 is 1.33 bits per heavy atom. The van der Waals surface area contributed by atoms with Crippen LogP contribution in [0.1, 0.15) is 24.6 Å². The van der Waals surface area contributed by atoms with E-state index in [1.165, 1.54) is 16.9 Å². The highest BCUT2D eigenvalue weighted by Crippen LogP contribution is 2.27. The summed E-state index contributed by atoms with van der Waals surface area (Å²) in [6.07, 6.45) is 0.743. The van der Waals surface area contributed by atoms with Crippen LogP contribution in [0, 0.1) is 12.8 Å². The maximum atomic E-state index is 12.5. The van der Waals surface area contributed by atoms with Gasteiger partial charge in [0, 0.05) is 23.5 Å². The zero-order valence-electron chi connectivity index (χ0n) is 13.7. The summed E-state index contributed by atoms with van der Waals surface area (Å²) < 4.78 is 0. The van der Waals surface area contributed by atoms with Gasteiger partial charge in [-0.15, -0.1) is 11.3 Å². The first-order valence-corrected chi connectivity index (χ1v) is 8.87. The van der Waals surface area contributed by atoms with Gasteiger partial charge in [0.25, 0.3) is 0 Å². The molecule has 0 bridgehead atoms. The molecule has 2 atom stereocenters. The maximum Gasteiger partial charge on any atom is 0.308 e. The van der Waals surface area contributed by atoms with Gasteiger partial charge in [0.1, 0.15) is 5.01 Å². The topological polar surface area (TPSA) is 70.5 Å². The van der Waals surface area contributed by atoms with Gasteiger partial charge >= 0.3 is 5.97 Å². The van der Waals surface area contributed by atoms with E-state index in [2.05, 4.69) is 4.98 Å². The normalized spacial score (nSPS) is 20.3. The van der Waals surface area contributed by atoms with Crippen LogP contribution in [0.15, 0.2) is 29.6 Å². The summed E-state index contributed by atoms with van der Waals surface area (Å²) in [5, 5.41) is 12.0. The summed E-state index contributed by atoms with van der Waals surface area (Å²) in [5.41, 5.74) is 2.98. The molecule has 2 heterocycles.